The maximum absolute atomic E-state index is 11.2. The van der Waals surface area contributed by atoms with Gasteiger partial charge >= 0.3 is 0 Å². The van der Waals surface area contributed by atoms with Gasteiger partial charge < -0.3 is 10.2 Å². The lowest BCUT2D eigenvalue weighted by atomic mass is 10.1. The van der Waals surface area contributed by atoms with E-state index in [1.807, 2.05) is 0 Å². The summed E-state index contributed by atoms with van der Waals surface area (Å²) in [6, 6.07) is 6.50. The lowest BCUT2D eigenvalue weighted by Crippen LogP contribution is -2.10. The van der Waals surface area contributed by atoms with Crippen LogP contribution in [0.1, 0.15) is 16.1 Å². The van der Waals surface area contributed by atoms with Gasteiger partial charge in [0, 0.05) is 5.56 Å². The predicted molar refractivity (Wildman–Crippen MR) is 71.4 cm³/mol. The number of rotatable bonds is 3. The Morgan fingerprint density at radius 1 is 1.28 bits per heavy atom. The zero-order chi connectivity index (χ0) is 13.3. The molecule has 0 fully saturated rings. The number of furan rings is 1. The first kappa shape index (κ1) is 12.7. The van der Waals surface area contributed by atoms with Gasteiger partial charge in [-0.1, -0.05) is 29.8 Å². The Labute approximate surface area is 114 Å². The second-order valence-electron chi connectivity index (χ2n) is 3.55. The number of hydrogen-bond donors (Lipinski definition) is 1. The molecule has 0 atom stereocenters. The molecule has 1 amide bonds. The first-order valence-electron chi connectivity index (χ1n) is 4.97. The molecule has 0 saturated carbocycles. The number of primary amides is 1. The van der Waals surface area contributed by atoms with Gasteiger partial charge in [0.2, 0.25) is 0 Å². The van der Waals surface area contributed by atoms with Crippen LogP contribution in [0.3, 0.4) is 0 Å². The average molecular weight is 281 g/mol. The molecule has 0 unspecified atom stereocenters. The summed E-state index contributed by atoms with van der Waals surface area (Å²) >= 11 is 11.7. The van der Waals surface area contributed by atoms with Gasteiger partial charge in [0.1, 0.15) is 11.5 Å². The second-order valence-corrected chi connectivity index (χ2v) is 4.36. The summed E-state index contributed by atoms with van der Waals surface area (Å²) in [5.41, 5.74) is 6.12. The Morgan fingerprint density at radius 2 is 2.00 bits per heavy atom. The molecule has 18 heavy (non-hydrogen) atoms. The van der Waals surface area contributed by atoms with Gasteiger partial charge in [-0.05, 0) is 30.3 Å². The SMILES string of the molecule is [CH]=Cc1oc(-c2ccc(Cl)c(Cl)c2)cc1C(N)=O. The van der Waals surface area contributed by atoms with Gasteiger partial charge in [0.05, 0.1) is 15.6 Å². The molecule has 0 aliphatic carbocycles. The summed E-state index contributed by atoms with van der Waals surface area (Å²) in [7, 11) is 0. The number of amides is 1. The molecule has 91 valence electrons. The third kappa shape index (κ3) is 2.28. The van der Waals surface area contributed by atoms with Crippen LogP contribution in [0.15, 0.2) is 28.7 Å². The van der Waals surface area contributed by atoms with Crippen LogP contribution >= 0.6 is 23.2 Å². The summed E-state index contributed by atoms with van der Waals surface area (Å²) in [5, 5.41) is 0.831. The molecule has 3 nitrogen and oxygen atoms in total. The van der Waals surface area contributed by atoms with Crippen LogP contribution in [0.25, 0.3) is 17.4 Å². The molecule has 0 saturated heterocycles. The maximum atomic E-state index is 11.2. The molecule has 0 bridgehead atoms. The van der Waals surface area contributed by atoms with Crippen molar-refractivity contribution in [3.63, 3.8) is 0 Å². The van der Waals surface area contributed by atoms with E-state index >= 15 is 0 Å². The highest BCUT2D eigenvalue weighted by Crippen LogP contribution is 2.31. The third-order valence-corrected chi connectivity index (χ3v) is 3.12. The predicted octanol–water partition coefficient (Wildman–Crippen LogP) is 3.80. The third-order valence-electron chi connectivity index (χ3n) is 2.38. The van der Waals surface area contributed by atoms with Crippen LogP contribution in [-0.4, -0.2) is 5.91 Å². The Hall–Kier alpha value is -1.71. The fraction of sp³-hybridized carbons (Fsp3) is 0. The Balaban J connectivity index is 2.54. The van der Waals surface area contributed by atoms with Crippen LogP contribution in [-0.2, 0) is 0 Å². The Bertz CT molecular complexity index is 632. The number of carbonyl (C=O) groups excluding carboxylic acids is 1. The Morgan fingerprint density at radius 3 is 2.50 bits per heavy atom. The minimum atomic E-state index is -0.609. The molecule has 1 aromatic carbocycles. The highest BCUT2D eigenvalue weighted by molar-refractivity contribution is 6.42. The molecule has 1 aromatic heterocycles. The maximum Gasteiger partial charge on any atom is 0.252 e. The zero-order valence-corrected chi connectivity index (χ0v) is 10.6. The number of benzene rings is 1. The standard InChI is InChI=1S/C13H8Cl2NO2/c1-2-11-8(13(16)17)6-12(18-11)7-3-4-9(14)10(15)5-7/h1-6H,(H2,16,17). The molecule has 0 aliphatic rings. The monoisotopic (exact) mass is 280 g/mol. The van der Waals surface area contributed by atoms with E-state index in [4.69, 9.17) is 39.9 Å². The highest BCUT2D eigenvalue weighted by atomic mass is 35.5. The van der Waals surface area contributed by atoms with Crippen LogP contribution in [0.4, 0.5) is 0 Å². The largest absolute Gasteiger partial charge is 0.456 e. The summed E-state index contributed by atoms with van der Waals surface area (Å²) in [6.07, 6.45) is 1.18. The molecular weight excluding hydrogens is 273 g/mol. The van der Waals surface area contributed by atoms with Gasteiger partial charge in [-0.15, -0.1) is 0 Å². The van der Waals surface area contributed by atoms with Gasteiger partial charge in [0.15, 0.2) is 0 Å². The topological polar surface area (TPSA) is 56.2 Å². The molecule has 1 radical (unpaired) electrons. The quantitative estimate of drug-likeness (QED) is 0.930. The molecule has 0 aliphatic heterocycles. The van der Waals surface area contributed by atoms with Gasteiger partial charge in [0.25, 0.3) is 5.91 Å². The van der Waals surface area contributed by atoms with Gasteiger partial charge in [-0.25, -0.2) is 0 Å². The van der Waals surface area contributed by atoms with E-state index in [9.17, 15) is 4.79 Å². The first-order chi connectivity index (χ1) is 8.52. The van der Waals surface area contributed by atoms with Crippen molar-refractivity contribution >= 4 is 35.2 Å². The van der Waals surface area contributed by atoms with E-state index in [0.29, 0.717) is 21.4 Å². The van der Waals surface area contributed by atoms with Crippen molar-refractivity contribution in [1.82, 2.24) is 0 Å². The van der Waals surface area contributed by atoms with E-state index < -0.39 is 5.91 Å². The van der Waals surface area contributed by atoms with Crippen molar-refractivity contribution < 1.29 is 9.21 Å². The van der Waals surface area contributed by atoms with Crippen LogP contribution < -0.4 is 5.73 Å². The highest BCUT2D eigenvalue weighted by Gasteiger charge is 2.15. The lowest BCUT2D eigenvalue weighted by molar-refractivity contribution is 0.0999. The van der Waals surface area contributed by atoms with Crippen LogP contribution in [0.2, 0.25) is 10.0 Å². The van der Waals surface area contributed by atoms with Crippen molar-refractivity contribution in [2.24, 2.45) is 5.73 Å². The lowest BCUT2D eigenvalue weighted by Gasteiger charge is -1.99. The minimum absolute atomic E-state index is 0.221. The molecular formula is C13H8Cl2NO2. The fourth-order valence-electron chi connectivity index (χ4n) is 1.51. The van der Waals surface area contributed by atoms with Gasteiger partial charge in [-0.3, -0.25) is 4.79 Å². The van der Waals surface area contributed by atoms with Crippen molar-refractivity contribution in [3.8, 4) is 11.3 Å². The van der Waals surface area contributed by atoms with E-state index in [2.05, 4.69) is 0 Å². The molecule has 0 spiro atoms. The van der Waals surface area contributed by atoms with E-state index in [-0.39, 0.29) is 11.3 Å². The number of nitrogens with two attached hydrogens (primary N) is 1. The molecule has 2 N–H and O–H groups in total. The first-order valence-corrected chi connectivity index (χ1v) is 5.72. The Kier molecular flexibility index (Phi) is 3.45. The van der Waals surface area contributed by atoms with E-state index in [1.54, 1.807) is 18.2 Å². The summed E-state index contributed by atoms with van der Waals surface area (Å²) < 4.78 is 5.42. The molecule has 2 aromatic rings. The number of hydrogen-bond acceptors (Lipinski definition) is 2. The van der Waals surface area contributed by atoms with Crippen molar-refractivity contribution in [2.75, 3.05) is 0 Å². The number of halogens is 2. The fourth-order valence-corrected chi connectivity index (χ4v) is 1.81. The average Bonchev–Trinajstić information content (AvgIpc) is 2.77. The van der Waals surface area contributed by atoms with E-state index in [0.717, 1.165) is 0 Å². The summed E-state index contributed by atoms with van der Waals surface area (Å²) in [6.45, 7) is 5.36. The van der Waals surface area contributed by atoms with Crippen molar-refractivity contribution in [3.05, 3.63) is 52.2 Å². The van der Waals surface area contributed by atoms with Crippen LogP contribution in [0, 0.1) is 6.58 Å². The minimum Gasteiger partial charge on any atom is -0.456 e. The van der Waals surface area contributed by atoms with Crippen LogP contribution in [0.5, 0.6) is 0 Å². The van der Waals surface area contributed by atoms with Gasteiger partial charge in [-0.2, -0.15) is 0 Å². The smallest absolute Gasteiger partial charge is 0.252 e. The molecule has 5 heteroatoms. The summed E-state index contributed by atoms with van der Waals surface area (Å²) in [4.78, 5) is 11.2. The zero-order valence-electron chi connectivity index (χ0n) is 9.11. The number of carbonyl (C=O) groups is 1. The van der Waals surface area contributed by atoms with Crippen molar-refractivity contribution in [1.29, 1.82) is 0 Å². The molecule has 2 rings (SSSR count). The van der Waals surface area contributed by atoms with Crippen molar-refractivity contribution in [2.45, 2.75) is 0 Å². The molecule has 1 heterocycles. The normalized spacial score (nSPS) is 10.3. The van der Waals surface area contributed by atoms with E-state index in [1.165, 1.54) is 12.1 Å². The summed E-state index contributed by atoms with van der Waals surface area (Å²) in [5.74, 6) is 0.0596. The second kappa shape index (κ2) is 4.88.